The maximum absolute atomic E-state index is 13.0. The van der Waals surface area contributed by atoms with Gasteiger partial charge in [-0.2, -0.15) is 4.98 Å². The van der Waals surface area contributed by atoms with Crippen LogP contribution in [0.15, 0.2) is 42.6 Å². The molecular formula is C24H26F2N6O2. The first-order valence-electron chi connectivity index (χ1n) is 11.1. The first-order chi connectivity index (χ1) is 16.4. The predicted molar refractivity (Wildman–Crippen MR) is 127 cm³/mol. The molecule has 34 heavy (non-hydrogen) atoms. The summed E-state index contributed by atoms with van der Waals surface area (Å²) in [5, 5.41) is 5.96. The average Bonchev–Trinajstić information content (AvgIpc) is 2.86. The SMILES string of the molecule is CCNc1nc(-c2cc(NC(=O)c3ccnc(C(F)F)c3)ccc2C)cc(N2CCOCC2)n1. The topological polar surface area (TPSA) is 92.3 Å². The number of pyridine rings is 1. The fraction of sp³-hybridized carbons (Fsp3) is 0.333. The first kappa shape index (κ1) is 23.5. The van der Waals surface area contributed by atoms with E-state index >= 15 is 0 Å². The number of aromatic nitrogens is 3. The van der Waals surface area contributed by atoms with Crippen molar-refractivity contribution in [1.82, 2.24) is 15.0 Å². The number of carbonyl (C=O) groups excluding carboxylic acids is 1. The molecule has 0 aliphatic carbocycles. The van der Waals surface area contributed by atoms with Gasteiger partial charge in [0.05, 0.1) is 18.9 Å². The van der Waals surface area contributed by atoms with E-state index in [1.54, 1.807) is 6.07 Å². The number of halogens is 2. The highest BCUT2D eigenvalue weighted by Gasteiger charge is 2.18. The Morgan fingerprint density at radius 3 is 2.68 bits per heavy atom. The number of benzene rings is 1. The van der Waals surface area contributed by atoms with Crippen molar-refractivity contribution in [3.8, 4) is 11.3 Å². The monoisotopic (exact) mass is 468 g/mol. The standard InChI is InChI=1S/C24H26F2N6O2/c1-3-27-24-30-19(14-21(31-24)32-8-10-34-11-9-32)18-13-17(5-4-15(18)2)29-23(33)16-6-7-28-20(12-16)22(25)26/h4-7,12-14,22H,3,8-11H2,1-2H3,(H,29,33)(H,27,30,31). The number of morpholine rings is 1. The zero-order valence-corrected chi connectivity index (χ0v) is 19.0. The molecule has 2 aromatic heterocycles. The van der Waals surface area contributed by atoms with Gasteiger partial charge < -0.3 is 20.3 Å². The van der Waals surface area contributed by atoms with Crippen LogP contribution in [0.25, 0.3) is 11.3 Å². The number of rotatable bonds is 7. The van der Waals surface area contributed by atoms with Crippen LogP contribution in [0, 0.1) is 6.92 Å². The smallest absolute Gasteiger partial charge is 0.280 e. The number of aryl methyl sites for hydroxylation is 1. The minimum absolute atomic E-state index is 0.110. The zero-order valence-electron chi connectivity index (χ0n) is 19.0. The number of hydrogen-bond acceptors (Lipinski definition) is 7. The van der Waals surface area contributed by atoms with Crippen LogP contribution in [-0.2, 0) is 4.74 Å². The van der Waals surface area contributed by atoms with E-state index in [1.807, 2.05) is 32.0 Å². The molecule has 0 atom stereocenters. The Kier molecular flexibility index (Phi) is 7.27. The van der Waals surface area contributed by atoms with Crippen LogP contribution in [-0.4, -0.2) is 53.7 Å². The van der Waals surface area contributed by atoms with Gasteiger partial charge in [0.25, 0.3) is 12.3 Å². The van der Waals surface area contributed by atoms with Crippen molar-refractivity contribution in [2.45, 2.75) is 20.3 Å². The molecular weight excluding hydrogens is 442 g/mol. The zero-order chi connectivity index (χ0) is 24.1. The molecule has 3 aromatic rings. The minimum atomic E-state index is -2.75. The van der Waals surface area contributed by atoms with Crippen molar-refractivity contribution in [2.24, 2.45) is 0 Å². The van der Waals surface area contributed by atoms with Crippen LogP contribution in [0.2, 0.25) is 0 Å². The molecule has 0 saturated carbocycles. The van der Waals surface area contributed by atoms with Gasteiger partial charge in [0.15, 0.2) is 0 Å². The molecule has 8 nitrogen and oxygen atoms in total. The molecule has 0 unspecified atom stereocenters. The molecule has 178 valence electrons. The summed E-state index contributed by atoms with van der Waals surface area (Å²) in [6.45, 7) is 7.37. The van der Waals surface area contributed by atoms with E-state index in [2.05, 4.69) is 30.5 Å². The third kappa shape index (κ3) is 5.45. The largest absolute Gasteiger partial charge is 0.378 e. The molecule has 1 saturated heterocycles. The second-order valence-corrected chi connectivity index (χ2v) is 7.82. The van der Waals surface area contributed by atoms with E-state index in [0.29, 0.717) is 37.1 Å². The number of hydrogen-bond donors (Lipinski definition) is 2. The number of anilines is 3. The third-order valence-corrected chi connectivity index (χ3v) is 5.42. The Morgan fingerprint density at radius 2 is 1.94 bits per heavy atom. The van der Waals surface area contributed by atoms with Gasteiger partial charge >= 0.3 is 0 Å². The van der Waals surface area contributed by atoms with Crippen LogP contribution in [0.3, 0.4) is 0 Å². The van der Waals surface area contributed by atoms with Gasteiger partial charge in [0, 0.05) is 48.7 Å². The maximum atomic E-state index is 13.0. The van der Waals surface area contributed by atoms with E-state index in [9.17, 15) is 13.6 Å². The highest BCUT2D eigenvalue weighted by atomic mass is 19.3. The van der Waals surface area contributed by atoms with Gasteiger partial charge in [-0.05, 0) is 43.7 Å². The molecule has 0 spiro atoms. The number of carbonyl (C=O) groups is 1. The van der Waals surface area contributed by atoms with Crippen molar-refractivity contribution in [3.05, 3.63) is 59.4 Å². The summed E-state index contributed by atoms with van der Waals surface area (Å²) in [5.74, 6) is 0.824. The Hall–Kier alpha value is -3.66. The molecule has 0 bridgehead atoms. The molecule has 1 aliphatic heterocycles. The van der Waals surface area contributed by atoms with Crippen LogP contribution >= 0.6 is 0 Å². The molecule has 3 heterocycles. The molecule has 1 fully saturated rings. The Morgan fingerprint density at radius 1 is 1.15 bits per heavy atom. The number of amides is 1. The van der Waals surface area contributed by atoms with E-state index in [1.165, 1.54) is 12.3 Å². The fourth-order valence-corrected chi connectivity index (χ4v) is 3.65. The number of nitrogens with one attached hydrogen (secondary N) is 2. The lowest BCUT2D eigenvalue weighted by molar-refractivity contribution is 0.102. The molecule has 0 radical (unpaired) electrons. The summed E-state index contributed by atoms with van der Waals surface area (Å²) in [4.78, 5) is 27.8. The molecule has 4 rings (SSSR count). The summed E-state index contributed by atoms with van der Waals surface area (Å²) in [6.07, 6.45) is -1.55. The van der Waals surface area contributed by atoms with Gasteiger partial charge in [-0.3, -0.25) is 9.78 Å². The Balaban J connectivity index is 1.64. The lowest BCUT2D eigenvalue weighted by atomic mass is 10.0. The van der Waals surface area contributed by atoms with Crippen molar-refractivity contribution < 1.29 is 18.3 Å². The summed E-state index contributed by atoms with van der Waals surface area (Å²) in [5.41, 5.74) is 2.71. The minimum Gasteiger partial charge on any atom is -0.378 e. The normalized spacial score (nSPS) is 13.7. The lowest BCUT2D eigenvalue weighted by Gasteiger charge is -2.28. The van der Waals surface area contributed by atoms with E-state index < -0.39 is 18.0 Å². The van der Waals surface area contributed by atoms with Crippen LogP contribution in [0.4, 0.5) is 26.2 Å². The van der Waals surface area contributed by atoms with Gasteiger partial charge in [0.1, 0.15) is 11.5 Å². The quantitative estimate of drug-likeness (QED) is 0.534. The first-order valence-corrected chi connectivity index (χ1v) is 11.1. The number of ether oxygens (including phenoxy) is 1. The second-order valence-electron chi connectivity index (χ2n) is 7.82. The molecule has 10 heteroatoms. The maximum Gasteiger partial charge on any atom is 0.280 e. The van der Waals surface area contributed by atoms with E-state index in [-0.39, 0.29) is 5.56 Å². The lowest BCUT2D eigenvalue weighted by Crippen LogP contribution is -2.37. The highest BCUT2D eigenvalue weighted by molar-refractivity contribution is 6.04. The van der Waals surface area contributed by atoms with Crippen molar-refractivity contribution in [1.29, 1.82) is 0 Å². The summed E-state index contributed by atoms with van der Waals surface area (Å²) >= 11 is 0. The van der Waals surface area contributed by atoms with Crippen molar-refractivity contribution >= 4 is 23.4 Å². The molecule has 1 aliphatic rings. The van der Waals surface area contributed by atoms with Crippen LogP contribution < -0.4 is 15.5 Å². The van der Waals surface area contributed by atoms with Crippen LogP contribution in [0.1, 0.15) is 35.0 Å². The van der Waals surface area contributed by atoms with Crippen molar-refractivity contribution in [2.75, 3.05) is 48.4 Å². The highest BCUT2D eigenvalue weighted by Crippen LogP contribution is 2.29. The molecule has 2 N–H and O–H groups in total. The van der Waals surface area contributed by atoms with Crippen LogP contribution in [0.5, 0.6) is 0 Å². The van der Waals surface area contributed by atoms with Gasteiger partial charge in [0.2, 0.25) is 5.95 Å². The molecule has 1 amide bonds. The second kappa shape index (κ2) is 10.5. The predicted octanol–water partition coefficient (Wildman–Crippen LogP) is 4.31. The summed E-state index contributed by atoms with van der Waals surface area (Å²) in [7, 11) is 0. The van der Waals surface area contributed by atoms with E-state index in [4.69, 9.17) is 4.74 Å². The van der Waals surface area contributed by atoms with Gasteiger partial charge in [-0.1, -0.05) is 6.07 Å². The van der Waals surface area contributed by atoms with Crippen molar-refractivity contribution in [3.63, 3.8) is 0 Å². The molecule has 1 aromatic carbocycles. The summed E-state index contributed by atoms with van der Waals surface area (Å²) in [6, 6.07) is 9.89. The Bertz CT molecular complexity index is 1170. The Labute approximate surface area is 196 Å². The number of alkyl halides is 2. The fourth-order valence-electron chi connectivity index (χ4n) is 3.65. The van der Waals surface area contributed by atoms with E-state index in [0.717, 1.165) is 36.1 Å². The number of nitrogens with zero attached hydrogens (tertiary/aromatic N) is 4. The van der Waals surface area contributed by atoms with Gasteiger partial charge in [-0.25, -0.2) is 13.8 Å². The summed E-state index contributed by atoms with van der Waals surface area (Å²) < 4.78 is 31.4. The average molecular weight is 469 g/mol. The third-order valence-electron chi connectivity index (χ3n) is 5.42. The van der Waals surface area contributed by atoms with Gasteiger partial charge in [-0.15, -0.1) is 0 Å².